The van der Waals surface area contributed by atoms with E-state index in [1.165, 1.54) is 12.1 Å². The summed E-state index contributed by atoms with van der Waals surface area (Å²) in [6.07, 6.45) is 0.821. The largest absolute Gasteiger partial charge is 0.358 e. The van der Waals surface area contributed by atoms with Crippen molar-refractivity contribution >= 4 is 10.9 Å². The second-order valence-corrected chi connectivity index (χ2v) is 4.90. The minimum atomic E-state index is -0.364. The molecule has 3 heteroatoms. The van der Waals surface area contributed by atoms with Crippen LogP contribution in [0.4, 0.5) is 4.39 Å². The molecule has 0 bridgehead atoms. The fraction of sp³-hybridized carbons (Fsp3) is 0.357. The normalized spacial score (nSPS) is 11.4. The number of aromatic nitrogens is 1. The Kier molecular flexibility index (Phi) is 3.01. The quantitative estimate of drug-likeness (QED) is 0.849. The molecule has 2 nitrogen and oxygen atoms in total. The average Bonchev–Trinajstić information content (AvgIpc) is 2.19. The summed E-state index contributed by atoms with van der Waals surface area (Å²) in [5.41, 5.74) is 2.31. The van der Waals surface area contributed by atoms with E-state index in [0.717, 1.165) is 23.2 Å². The maximum atomic E-state index is 13.2. The standard InChI is InChI=1S/C14H16FNO/c1-8(2)4-11-7-13(17)12-6-10(15)5-9(3)14(12)16-11/h5-8H,4H2,1-3H3,(H,16,17). The Bertz CT molecular complexity index is 613. The summed E-state index contributed by atoms with van der Waals surface area (Å²) in [4.78, 5) is 15.1. The van der Waals surface area contributed by atoms with Gasteiger partial charge in [-0.15, -0.1) is 0 Å². The molecule has 2 aromatic rings. The van der Waals surface area contributed by atoms with Crippen LogP contribution in [0.1, 0.15) is 25.1 Å². The zero-order valence-corrected chi connectivity index (χ0v) is 10.3. The molecule has 0 unspecified atom stereocenters. The third-order valence-electron chi connectivity index (χ3n) is 2.78. The molecule has 0 radical (unpaired) electrons. The summed E-state index contributed by atoms with van der Waals surface area (Å²) >= 11 is 0. The van der Waals surface area contributed by atoms with E-state index in [2.05, 4.69) is 18.8 Å². The molecule has 0 aliphatic heterocycles. The number of rotatable bonds is 2. The summed E-state index contributed by atoms with van der Waals surface area (Å²) < 4.78 is 13.2. The van der Waals surface area contributed by atoms with Crippen molar-refractivity contribution in [2.75, 3.05) is 0 Å². The number of benzene rings is 1. The summed E-state index contributed by atoms with van der Waals surface area (Å²) in [7, 11) is 0. The Hall–Kier alpha value is -1.64. The lowest BCUT2D eigenvalue weighted by atomic mass is 10.0. The SMILES string of the molecule is Cc1cc(F)cc2c(=O)cc(CC(C)C)[nH]c12. The first kappa shape index (κ1) is 11.8. The predicted molar refractivity (Wildman–Crippen MR) is 67.8 cm³/mol. The number of fused-ring (bicyclic) bond motifs is 1. The van der Waals surface area contributed by atoms with E-state index in [0.29, 0.717) is 11.3 Å². The average molecular weight is 233 g/mol. The van der Waals surface area contributed by atoms with Crippen LogP contribution in [0.5, 0.6) is 0 Å². The number of hydrogen-bond acceptors (Lipinski definition) is 1. The van der Waals surface area contributed by atoms with Crippen molar-refractivity contribution in [3.63, 3.8) is 0 Å². The van der Waals surface area contributed by atoms with Crippen molar-refractivity contribution in [3.8, 4) is 0 Å². The van der Waals surface area contributed by atoms with E-state index in [1.54, 1.807) is 13.0 Å². The van der Waals surface area contributed by atoms with Gasteiger partial charge < -0.3 is 4.98 Å². The van der Waals surface area contributed by atoms with Gasteiger partial charge in [0.1, 0.15) is 5.82 Å². The molecular formula is C14H16FNO. The van der Waals surface area contributed by atoms with Gasteiger partial charge in [0.25, 0.3) is 0 Å². The highest BCUT2D eigenvalue weighted by Gasteiger charge is 2.07. The van der Waals surface area contributed by atoms with Crippen molar-refractivity contribution in [1.29, 1.82) is 0 Å². The summed E-state index contributed by atoms with van der Waals surface area (Å²) in [6, 6.07) is 4.30. The van der Waals surface area contributed by atoms with Crippen molar-refractivity contribution in [2.24, 2.45) is 5.92 Å². The summed E-state index contributed by atoms with van der Waals surface area (Å²) in [5, 5.41) is 0.426. The number of pyridine rings is 1. The lowest BCUT2D eigenvalue weighted by Gasteiger charge is -2.08. The molecule has 0 saturated carbocycles. The Labute approximate surface area is 99.5 Å². The minimum Gasteiger partial charge on any atom is -0.358 e. The van der Waals surface area contributed by atoms with Crippen LogP contribution in [0, 0.1) is 18.7 Å². The van der Waals surface area contributed by atoms with Crippen LogP contribution >= 0.6 is 0 Å². The van der Waals surface area contributed by atoms with Crippen LogP contribution in [0.3, 0.4) is 0 Å². The first-order valence-corrected chi connectivity index (χ1v) is 5.79. The molecule has 1 aromatic heterocycles. The van der Waals surface area contributed by atoms with Crippen LogP contribution in [0.25, 0.3) is 10.9 Å². The van der Waals surface area contributed by atoms with E-state index in [1.807, 2.05) is 0 Å². The molecule has 2 rings (SSSR count). The Morgan fingerprint density at radius 2 is 2.00 bits per heavy atom. The maximum absolute atomic E-state index is 13.2. The molecule has 90 valence electrons. The molecule has 0 aliphatic rings. The third kappa shape index (κ3) is 2.38. The van der Waals surface area contributed by atoms with Gasteiger partial charge in [-0.05, 0) is 37.0 Å². The van der Waals surface area contributed by atoms with E-state index < -0.39 is 0 Å². The minimum absolute atomic E-state index is 0.114. The van der Waals surface area contributed by atoms with Crippen LogP contribution in [0.15, 0.2) is 23.0 Å². The smallest absolute Gasteiger partial charge is 0.189 e. The second kappa shape index (κ2) is 4.32. The number of nitrogens with one attached hydrogen (secondary N) is 1. The number of hydrogen-bond donors (Lipinski definition) is 1. The van der Waals surface area contributed by atoms with Gasteiger partial charge in [-0.3, -0.25) is 4.79 Å². The summed E-state index contributed by atoms with van der Waals surface area (Å²) in [5.74, 6) is 0.112. The van der Waals surface area contributed by atoms with E-state index in [-0.39, 0.29) is 11.2 Å². The highest BCUT2D eigenvalue weighted by molar-refractivity contribution is 5.81. The van der Waals surface area contributed by atoms with Gasteiger partial charge in [0, 0.05) is 17.1 Å². The fourth-order valence-electron chi connectivity index (χ4n) is 2.09. The molecule has 0 aliphatic carbocycles. The number of aromatic amines is 1. The number of aryl methyl sites for hydroxylation is 1. The highest BCUT2D eigenvalue weighted by atomic mass is 19.1. The van der Waals surface area contributed by atoms with Gasteiger partial charge in [-0.25, -0.2) is 4.39 Å². The molecule has 0 amide bonds. The van der Waals surface area contributed by atoms with Gasteiger partial charge in [0.05, 0.1) is 5.52 Å². The third-order valence-corrected chi connectivity index (χ3v) is 2.78. The van der Waals surface area contributed by atoms with Crippen molar-refractivity contribution < 1.29 is 4.39 Å². The molecule has 1 N–H and O–H groups in total. The Morgan fingerprint density at radius 3 is 2.65 bits per heavy atom. The summed E-state index contributed by atoms with van der Waals surface area (Å²) in [6.45, 7) is 6.00. The molecule has 17 heavy (non-hydrogen) atoms. The number of halogens is 1. The van der Waals surface area contributed by atoms with Crippen molar-refractivity contribution in [3.05, 3.63) is 45.5 Å². The maximum Gasteiger partial charge on any atom is 0.189 e. The van der Waals surface area contributed by atoms with Gasteiger partial charge in [-0.1, -0.05) is 13.8 Å². The van der Waals surface area contributed by atoms with Crippen LogP contribution < -0.4 is 5.43 Å². The van der Waals surface area contributed by atoms with Gasteiger partial charge in [0.15, 0.2) is 5.43 Å². The van der Waals surface area contributed by atoms with Crippen LogP contribution in [-0.4, -0.2) is 4.98 Å². The van der Waals surface area contributed by atoms with Gasteiger partial charge >= 0.3 is 0 Å². The molecule has 0 saturated heterocycles. The monoisotopic (exact) mass is 233 g/mol. The molecule has 0 fully saturated rings. The second-order valence-electron chi connectivity index (χ2n) is 4.90. The Morgan fingerprint density at radius 1 is 1.29 bits per heavy atom. The first-order chi connectivity index (χ1) is 7.97. The van der Waals surface area contributed by atoms with Crippen molar-refractivity contribution in [2.45, 2.75) is 27.2 Å². The van der Waals surface area contributed by atoms with Crippen molar-refractivity contribution in [1.82, 2.24) is 4.98 Å². The molecule has 1 aromatic carbocycles. The van der Waals surface area contributed by atoms with E-state index in [9.17, 15) is 9.18 Å². The molecule has 0 spiro atoms. The predicted octanol–water partition coefficient (Wildman–Crippen LogP) is 3.17. The topological polar surface area (TPSA) is 32.9 Å². The number of H-pyrrole nitrogens is 1. The van der Waals surface area contributed by atoms with Crippen LogP contribution in [0.2, 0.25) is 0 Å². The van der Waals surface area contributed by atoms with E-state index in [4.69, 9.17) is 0 Å². The Balaban J connectivity index is 2.69. The molecule has 0 atom stereocenters. The lowest BCUT2D eigenvalue weighted by molar-refractivity contribution is 0.627. The van der Waals surface area contributed by atoms with Crippen LogP contribution in [-0.2, 0) is 6.42 Å². The van der Waals surface area contributed by atoms with Gasteiger partial charge in [0.2, 0.25) is 0 Å². The van der Waals surface area contributed by atoms with E-state index >= 15 is 0 Å². The highest BCUT2D eigenvalue weighted by Crippen LogP contribution is 2.16. The molecular weight excluding hydrogens is 217 g/mol. The first-order valence-electron chi connectivity index (χ1n) is 5.79. The molecule has 1 heterocycles. The lowest BCUT2D eigenvalue weighted by Crippen LogP contribution is -2.08. The van der Waals surface area contributed by atoms with Gasteiger partial charge in [-0.2, -0.15) is 0 Å². The zero-order valence-electron chi connectivity index (χ0n) is 10.3. The fourth-order valence-corrected chi connectivity index (χ4v) is 2.09. The zero-order chi connectivity index (χ0) is 12.6.